The van der Waals surface area contributed by atoms with Crippen LogP contribution in [-0.4, -0.2) is 54.5 Å². The van der Waals surface area contributed by atoms with Gasteiger partial charge < -0.3 is 16.0 Å². The quantitative estimate of drug-likeness (QED) is 0.714. The molecule has 1 aromatic heterocycles. The Labute approximate surface area is 146 Å². The van der Waals surface area contributed by atoms with Crippen LogP contribution in [0.3, 0.4) is 0 Å². The molecule has 0 unspecified atom stereocenters. The maximum Gasteiger partial charge on any atom is 0.315 e. The highest BCUT2D eigenvalue weighted by Gasteiger charge is 2.26. The van der Waals surface area contributed by atoms with Crippen LogP contribution in [0, 0.1) is 0 Å². The van der Waals surface area contributed by atoms with Gasteiger partial charge in [0.05, 0.1) is 23.8 Å². The topological polar surface area (TPSA) is 86.4 Å². The number of aromatic nitrogens is 1. The molecule has 2 aliphatic rings. The van der Waals surface area contributed by atoms with Crippen molar-refractivity contribution < 1.29 is 9.59 Å². The molecular formula is C16H25N5O2S. The number of amides is 3. The van der Waals surface area contributed by atoms with E-state index in [0.29, 0.717) is 19.0 Å². The molecule has 24 heavy (non-hydrogen) atoms. The van der Waals surface area contributed by atoms with Gasteiger partial charge in [-0.25, -0.2) is 9.78 Å². The van der Waals surface area contributed by atoms with Crippen molar-refractivity contribution in [2.75, 3.05) is 26.7 Å². The van der Waals surface area contributed by atoms with Gasteiger partial charge in [0.15, 0.2) is 0 Å². The summed E-state index contributed by atoms with van der Waals surface area (Å²) in [7, 11) is 1.65. The van der Waals surface area contributed by atoms with Crippen LogP contribution < -0.4 is 16.0 Å². The normalized spacial score (nSPS) is 19.0. The molecule has 0 spiro atoms. The second-order valence-corrected chi connectivity index (χ2v) is 7.39. The van der Waals surface area contributed by atoms with E-state index >= 15 is 0 Å². The van der Waals surface area contributed by atoms with Crippen molar-refractivity contribution in [3.63, 3.8) is 0 Å². The molecule has 3 amide bonds. The van der Waals surface area contributed by atoms with Crippen molar-refractivity contribution >= 4 is 23.3 Å². The first-order valence-electron chi connectivity index (χ1n) is 8.55. The zero-order chi connectivity index (χ0) is 16.9. The van der Waals surface area contributed by atoms with E-state index in [1.807, 2.05) is 5.38 Å². The van der Waals surface area contributed by atoms with Crippen LogP contribution >= 0.6 is 11.3 Å². The summed E-state index contributed by atoms with van der Waals surface area (Å²) >= 11 is 1.69. The number of urea groups is 1. The second kappa shape index (κ2) is 7.94. The molecule has 7 nitrogen and oxygen atoms in total. The minimum atomic E-state index is -0.138. The number of carbonyl (C=O) groups excluding carboxylic acids is 2. The summed E-state index contributed by atoms with van der Waals surface area (Å²) in [6, 6.07) is 0.0316. The number of piperidine rings is 1. The number of thiazole rings is 1. The fraction of sp³-hybridized carbons (Fsp3) is 0.688. The molecule has 1 saturated heterocycles. The molecule has 1 aliphatic carbocycles. The minimum absolute atomic E-state index is 0.0352. The molecule has 0 radical (unpaired) electrons. The Morgan fingerprint density at radius 3 is 2.71 bits per heavy atom. The number of hydrogen-bond donors (Lipinski definition) is 3. The predicted molar refractivity (Wildman–Crippen MR) is 93.0 cm³/mol. The summed E-state index contributed by atoms with van der Waals surface area (Å²) in [5.74, 6) is 0.700. The average molecular weight is 351 g/mol. The Bertz CT molecular complexity index is 579. The van der Waals surface area contributed by atoms with Crippen molar-refractivity contribution in [3.8, 4) is 0 Å². The van der Waals surface area contributed by atoms with Gasteiger partial charge in [-0.1, -0.05) is 0 Å². The third kappa shape index (κ3) is 4.91. The first-order valence-corrected chi connectivity index (χ1v) is 9.43. The van der Waals surface area contributed by atoms with Gasteiger partial charge in [0.2, 0.25) is 5.91 Å². The van der Waals surface area contributed by atoms with Crippen LogP contribution in [-0.2, 0) is 11.3 Å². The SMILES string of the molecule is CNC(=O)CN1CCC(NC(=O)NCc2csc(C3CC3)n2)CC1. The highest BCUT2D eigenvalue weighted by Crippen LogP contribution is 2.41. The van der Waals surface area contributed by atoms with Gasteiger partial charge in [-0.3, -0.25) is 9.69 Å². The number of nitrogens with one attached hydrogen (secondary N) is 3. The highest BCUT2D eigenvalue weighted by atomic mass is 32.1. The fourth-order valence-corrected chi connectivity index (χ4v) is 3.84. The molecule has 3 N–H and O–H groups in total. The van der Waals surface area contributed by atoms with Crippen molar-refractivity contribution in [3.05, 3.63) is 16.1 Å². The van der Waals surface area contributed by atoms with E-state index in [-0.39, 0.29) is 18.0 Å². The largest absolute Gasteiger partial charge is 0.358 e. The number of carbonyl (C=O) groups is 2. The van der Waals surface area contributed by atoms with Gasteiger partial charge in [-0.05, 0) is 25.7 Å². The number of hydrogen-bond acceptors (Lipinski definition) is 5. The third-order valence-corrected chi connectivity index (χ3v) is 5.55. The Balaban J connectivity index is 1.34. The average Bonchev–Trinajstić information content (AvgIpc) is 3.33. The lowest BCUT2D eigenvalue weighted by Crippen LogP contribution is -2.49. The lowest BCUT2D eigenvalue weighted by molar-refractivity contribution is -0.122. The molecule has 3 rings (SSSR count). The van der Waals surface area contributed by atoms with Crippen LogP contribution in [0.4, 0.5) is 4.79 Å². The Morgan fingerprint density at radius 1 is 1.29 bits per heavy atom. The molecule has 2 heterocycles. The van der Waals surface area contributed by atoms with Gasteiger partial charge >= 0.3 is 6.03 Å². The summed E-state index contributed by atoms with van der Waals surface area (Å²) in [6.45, 7) is 2.57. The first-order chi connectivity index (χ1) is 11.6. The molecule has 1 saturated carbocycles. The van der Waals surface area contributed by atoms with Gasteiger partial charge in [0.25, 0.3) is 0 Å². The van der Waals surface area contributed by atoms with E-state index in [1.54, 1.807) is 18.4 Å². The smallest absolute Gasteiger partial charge is 0.315 e. The van der Waals surface area contributed by atoms with E-state index in [1.165, 1.54) is 17.8 Å². The molecule has 1 aliphatic heterocycles. The lowest BCUT2D eigenvalue weighted by atomic mass is 10.1. The Kier molecular flexibility index (Phi) is 5.68. The molecule has 8 heteroatoms. The van der Waals surface area contributed by atoms with E-state index in [9.17, 15) is 9.59 Å². The second-order valence-electron chi connectivity index (χ2n) is 6.50. The molecule has 0 bridgehead atoms. The number of likely N-dealkylation sites (N-methyl/N-ethyl adjacent to an activating group) is 1. The van der Waals surface area contributed by atoms with Crippen molar-refractivity contribution in [1.29, 1.82) is 0 Å². The predicted octanol–water partition coefficient (Wildman–Crippen LogP) is 1.03. The molecule has 1 aromatic rings. The number of nitrogens with zero attached hydrogens (tertiary/aromatic N) is 2. The minimum Gasteiger partial charge on any atom is -0.358 e. The summed E-state index contributed by atoms with van der Waals surface area (Å²) in [5.41, 5.74) is 0.942. The molecule has 0 aromatic carbocycles. The van der Waals surface area contributed by atoms with E-state index < -0.39 is 0 Å². The van der Waals surface area contributed by atoms with E-state index in [2.05, 4.69) is 25.8 Å². The van der Waals surface area contributed by atoms with Gasteiger partial charge in [0.1, 0.15) is 0 Å². The van der Waals surface area contributed by atoms with E-state index in [0.717, 1.165) is 31.6 Å². The molecule has 2 fully saturated rings. The van der Waals surface area contributed by atoms with E-state index in [4.69, 9.17) is 0 Å². The third-order valence-electron chi connectivity index (χ3n) is 4.50. The lowest BCUT2D eigenvalue weighted by Gasteiger charge is -2.31. The van der Waals surface area contributed by atoms with Crippen LogP contribution in [0.2, 0.25) is 0 Å². The van der Waals surface area contributed by atoms with Crippen molar-refractivity contribution in [2.45, 2.75) is 44.2 Å². The first kappa shape index (κ1) is 17.2. The Hall–Kier alpha value is -1.67. The van der Waals surface area contributed by atoms with Crippen LogP contribution in [0.25, 0.3) is 0 Å². The fourth-order valence-electron chi connectivity index (χ4n) is 2.85. The Morgan fingerprint density at radius 2 is 2.04 bits per heavy atom. The van der Waals surface area contributed by atoms with Crippen LogP contribution in [0.5, 0.6) is 0 Å². The summed E-state index contributed by atoms with van der Waals surface area (Å²) in [4.78, 5) is 30.1. The van der Waals surface area contributed by atoms with Gasteiger partial charge in [0, 0.05) is 37.5 Å². The van der Waals surface area contributed by atoms with Crippen molar-refractivity contribution in [2.24, 2.45) is 0 Å². The van der Waals surface area contributed by atoms with Crippen molar-refractivity contribution in [1.82, 2.24) is 25.8 Å². The summed E-state index contributed by atoms with van der Waals surface area (Å²) in [6.07, 6.45) is 4.23. The molecule has 132 valence electrons. The number of likely N-dealkylation sites (tertiary alicyclic amines) is 1. The standard InChI is InChI=1S/C16H25N5O2S/c1-17-14(22)9-21-6-4-12(5-7-21)20-16(23)18-8-13-10-24-15(19-13)11-2-3-11/h10-12H,2-9H2,1H3,(H,17,22)(H2,18,20,23). The molecule has 0 atom stereocenters. The zero-order valence-corrected chi connectivity index (χ0v) is 14.8. The summed E-state index contributed by atoms with van der Waals surface area (Å²) < 4.78 is 0. The number of rotatable bonds is 6. The zero-order valence-electron chi connectivity index (χ0n) is 14.0. The maximum absolute atomic E-state index is 12.0. The van der Waals surface area contributed by atoms with Gasteiger partial charge in [-0.15, -0.1) is 11.3 Å². The monoisotopic (exact) mass is 351 g/mol. The molecular weight excluding hydrogens is 326 g/mol. The van der Waals surface area contributed by atoms with Crippen LogP contribution in [0.15, 0.2) is 5.38 Å². The maximum atomic E-state index is 12.0. The van der Waals surface area contributed by atoms with Crippen LogP contribution in [0.1, 0.15) is 42.3 Å². The van der Waals surface area contributed by atoms with Gasteiger partial charge in [-0.2, -0.15) is 0 Å². The highest BCUT2D eigenvalue weighted by molar-refractivity contribution is 7.09. The summed E-state index contributed by atoms with van der Waals surface area (Å²) in [5, 5.41) is 11.8.